The van der Waals surface area contributed by atoms with Gasteiger partial charge in [0.1, 0.15) is 0 Å². The summed E-state index contributed by atoms with van der Waals surface area (Å²) in [4.78, 5) is 14.6. The molecule has 0 N–H and O–H groups in total. The molecule has 0 spiro atoms. The summed E-state index contributed by atoms with van der Waals surface area (Å²) in [6.07, 6.45) is 5.87. The van der Waals surface area contributed by atoms with Crippen molar-refractivity contribution in [2.75, 3.05) is 13.1 Å². The van der Waals surface area contributed by atoms with Crippen LogP contribution in [0.1, 0.15) is 34.9 Å². The van der Waals surface area contributed by atoms with Gasteiger partial charge in [-0.05, 0) is 25.3 Å². The van der Waals surface area contributed by atoms with E-state index in [1.54, 1.807) is 6.07 Å². The fraction of sp³-hybridized carbons (Fsp3) is 0.316. The summed E-state index contributed by atoms with van der Waals surface area (Å²) in [7, 11) is 0. The van der Waals surface area contributed by atoms with Crippen LogP contribution >= 0.6 is 0 Å². The van der Waals surface area contributed by atoms with Crippen molar-refractivity contribution in [3.63, 3.8) is 0 Å². The van der Waals surface area contributed by atoms with Crippen LogP contribution in [0.3, 0.4) is 0 Å². The van der Waals surface area contributed by atoms with Crippen molar-refractivity contribution in [1.29, 1.82) is 0 Å². The molecule has 0 aliphatic carbocycles. The number of likely N-dealkylation sites (tertiary alicyclic amines) is 1. The average Bonchev–Trinajstić information content (AvgIpc) is 3.31. The standard InChI is InChI=1S/C19H20N4O2/c1-14-11-20-23(12-14)16-8-5-9-22(13-16)19(24)17-10-18(25-21-17)15-6-3-2-4-7-15/h2-4,6-7,10-12,16H,5,8-9,13H2,1H3/t16-/m0/s1. The first-order valence-corrected chi connectivity index (χ1v) is 8.53. The number of nitrogens with zero attached hydrogens (tertiary/aromatic N) is 4. The minimum Gasteiger partial charge on any atom is -0.355 e. The number of amides is 1. The van der Waals surface area contributed by atoms with Gasteiger partial charge in [0.2, 0.25) is 0 Å². The number of carbonyl (C=O) groups is 1. The third kappa shape index (κ3) is 3.20. The highest BCUT2D eigenvalue weighted by Crippen LogP contribution is 2.24. The summed E-state index contributed by atoms with van der Waals surface area (Å²) in [6, 6.07) is 11.6. The normalized spacial score (nSPS) is 17.6. The van der Waals surface area contributed by atoms with Crippen molar-refractivity contribution in [3.8, 4) is 11.3 Å². The van der Waals surface area contributed by atoms with Gasteiger partial charge in [-0.3, -0.25) is 9.48 Å². The number of piperidine rings is 1. The summed E-state index contributed by atoms with van der Waals surface area (Å²) < 4.78 is 7.33. The fourth-order valence-electron chi connectivity index (χ4n) is 3.26. The number of hydrogen-bond acceptors (Lipinski definition) is 4. The third-order valence-corrected chi connectivity index (χ3v) is 4.58. The van der Waals surface area contributed by atoms with Crippen molar-refractivity contribution in [1.82, 2.24) is 19.8 Å². The van der Waals surface area contributed by atoms with Gasteiger partial charge in [0, 0.05) is 30.9 Å². The molecule has 1 amide bonds. The molecule has 6 heteroatoms. The van der Waals surface area contributed by atoms with E-state index in [-0.39, 0.29) is 11.9 Å². The van der Waals surface area contributed by atoms with E-state index >= 15 is 0 Å². The lowest BCUT2D eigenvalue weighted by Crippen LogP contribution is -2.41. The molecule has 1 aliphatic rings. The van der Waals surface area contributed by atoms with Gasteiger partial charge >= 0.3 is 0 Å². The fourth-order valence-corrected chi connectivity index (χ4v) is 3.26. The summed E-state index contributed by atoms with van der Waals surface area (Å²) in [5.74, 6) is 0.528. The number of carbonyl (C=O) groups excluding carboxylic acids is 1. The molecule has 3 aromatic rings. The molecule has 0 saturated carbocycles. The number of rotatable bonds is 3. The molecule has 0 bridgehead atoms. The van der Waals surface area contributed by atoms with Gasteiger partial charge in [0.05, 0.1) is 12.2 Å². The van der Waals surface area contributed by atoms with Crippen LogP contribution in [0.5, 0.6) is 0 Å². The van der Waals surface area contributed by atoms with Crippen molar-refractivity contribution in [2.45, 2.75) is 25.8 Å². The second-order valence-corrected chi connectivity index (χ2v) is 6.49. The van der Waals surface area contributed by atoms with Gasteiger partial charge < -0.3 is 9.42 Å². The number of aryl methyl sites for hydroxylation is 1. The first-order chi connectivity index (χ1) is 12.2. The van der Waals surface area contributed by atoms with E-state index in [1.807, 2.05) is 59.2 Å². The topological polar surface area (TPSA) is 64.2 Å². The molecule has 0 unspecified atom stereocenters. The monoisotopic (exact) mass is 336 g/mol. The second-order valence-electron chi connectivity index (χ2n) is 6.49. The zero-order chi connectivity index (χ0) is 17.2. The van der Waals surface area contributed by atoms with Crippen LogP contribution in [-0.2, 0) is 0 Å². The average molecular weight is 336 g/mol. The minimum absolute atomic E-state index is 0.0838. The Balaban J connectivity index is 1.50. The van der Waals surface area contributed by atoms with Gasteiger partial charge in [-0.2, -0.15) is 5.10 Å². The summed E-state index contributed by atoms with van der Waals surface area (Å²) in [5, 5.41) is 8.38. The van der Waals surface area contributed by atoms with Crippen LogP contribution in [0.2, 0.25) is 0 Å². The first-order valence-electron chi connectivity index (χ1n) is 8.53. The zero-order valence-electron chi connectivity index (χ0n) is 14.1. The highest BCUT2D eigenvalue weighted by Gasteiger charge is 2.27. The smallest absolute Gasteiger partial charge is 0.276 e. The maximum absolute atomic E-state index is 12.8. The lowest BCUT2D eigenvalue weighted by atomic mass is 10.1. The first kappa shape index (κ1) is 15.6. The molecule has 6 nitrogen and oxygen atoms in total. The Labute approximate surface area is 146 Å². The Morgan fingerprint density at radius 3 is 2.88 bits per heavy atom. The highest BCUT2D eigenvalue weighted by atomic mass is 16.5. The lowest BCUT2D eigenvalue weighted by Gasteiger charge is -2.32. The van der Waals surface area contributed by atoms with Crippen LogP contribution in [0.25, 0.3) is 11.3 Å². The van der Waals surface area contributed by atoms with Gasteiger partial charge in [-0.25, -0.2) is 0 Å². The summed E-state index contributed by atoms with van der Waals surface area (Å²) >= 11 is 0. The van der Waals surface area contributed by atoms with Gasteiger partial charge in [0.25, 0.3) is 5.91 Å². The second kappa shape index (κ2) is 6.55. The highest BCUT2D eigenvalue weighted by molar-refractivity contribution is 5.93. The van der Waals surface area contributed by atoms with Crippen LogP contribution < -0.4 is 0 Å². The summed E-state index contributed by atoms with van der Waals surface area (Å²) in [6.45, 7) is 3.41. The van der Waals surface area contributed by atoms with Gasteiger partial charge in [-0.15, -0.1) is 0 Å². The van der Waals surface area contributed by atoms with E-state index < -0.39 is 0 Å². The van der Waals surface area contributed by atoms with Crippen molar-refractivity contribution < 1.29 is 9.32 Å². The Kier molecular flexibility index (Phi) is 4.09. The van der Waals surface area contributed by atoms with Crippen LogP contribution in [-0.4, -0.2) is 38.8 Å². The molecular weight excluding hydrogens is 316 g/mol. The maximum Gasteiger partial charge on any atom is 0.276 e. The largest absolute Gasteiger partial charge is 0.355 e. The lowest BCUT2D eigenvalue weighted by molar-refractivity contribution is 0.0662. The van der Waals surface area contributed by atoms with E-state index in [0.29, 0.717) is 18.0 Å². The zero-order valence-corrected chi connectivity index (χ0v) is 14.1. The predicted octanol–water partition coefficient (Wildman–Crippen LogP) is 3.32. The van der Waals surface area contributed by atoms with Crippen molar-refractivity contribution in [3.05, 3.63) is 60.0 Å². The van der Waals surface area contributed by atoms with Gasteiger partial charge in [-0.1, -0.05) is 35.5 Å². The van der Waals surface area contributed by atoms with E-state index in [4.69, 9.17) is 4.52 Å². The number of benzene rings is 1. The Morgan fingerprint density at radius 1 is 1.28 bits per heavy atom. The molecule has 3 heterocycles. The van der Waals surface area contributed by atoms with Gasteiger partial charge in [0.15, 0.2) is 11.5 Å². The van der Waals surface area contributed by atoms with Crippen LogP contribution in [0, 0.1) is 6.92 Å². The molecule has 25 heavy (non-hydrogen) atoms. The Morgan fingerprint density at radius 2 is 2.12 bits per heavy atom. The molecular formula is C19H20N4O2. The molecule has 2 aromatic heterocycles. The van der Waals surface area contributed by atoms with E-state index in [1.165, 1.54) is 0 Å². The predicted molar refractivity (Wildman–Crippen MR) is 93.1 cm³/mol. The molecule has 4 rings (SSSR count). The molecule has 1 aromatic carbocycles. The van der Waals surface area contributed by atoms with Crippen LogP contribution in [0.4, 0.5) is 0 Å². The molecule has 1 saturated heterocycles. The maximum atomic E-state index is 12.8. The molecule has 128 valence electrons. The molecule has 1 fully saturated rings. The molecule has 1 aliphatic heterocycles. The SMILES string of the molecule is Cc1cnn([C@H]2CCCN(C(=O)c3cc(-c4ccccc4)on3)C2)c1. The van der Waals surface area contributed by atoms with E-state index in [2.05, 4.69) is 10.3 Å². The minimum atomic E-state index is -0.0838. The Bertz CT molecular complexity index is 868. The number of aromatic nitrogens is 3. The third-order valence-electron chi connectivity index (χ3n) is 4.58. The summed E-state index contributed by atoms with van der Waals surface area (Å²) in [5.41, 5.74) is 2.40. The molecule has 0 radical (unpaired) electrons. The molecule has 1 atom stereocenters. The van der Waals surface area contributed by atoms with Crippen molar-refractivity contribution in [2.24, 2.45) is 0 Å². The Hall–Kier alpha value is -2.89. The van der Waals surface area contributed by atoms with E-state index in [9.17, 15) is 4.79 Å². The van der Waals surface area contributed by atoms with E-state index in [0.717, 1.165) is 30.5 Å². The number of hydrogen-bond donors (Lipinski definition) is 0. The van der Waals surface area contributed by atoms with Crippen LogP contribution in [0.15, 0.2) is 53.3 Å². The van der Waals surface area contributed by atoms with Crippen molar-refractivity contribution >= 4 is 5.91 Å². The quantitative estimate of drug-likeness (QED) is 0.736.